The molecule has 0 spiro atoms. The molecule has 0 aliphatic heterocycles. The number of aromatic nitrogens is 4. The zero-order chi connectivity index (χ0) is 10.7. The molecular weight excluding hydrogens is 194 g/mol. The Labute approximate surface area is 88.0 Å². The molecule has 1 aromatic heterocycles. The van der Waals surface area contributed by atoms with E-state index in [2.05, 4.69) is 27.5 Å². The molecule has 1 N–H and O–H groups in total. The third-order valence-electron chi connectivity index (χ3n) is 2.54. The molecule has 0 bridgehead atoms. The number of unbranched alkanes of at least 4 members (excludes halogenated alkanes) is 1. The summed E-state index contributed by atoms with van der Waals surface area (Å²) in [6, 6.07) is 0.405. The van der Waals surface area contributed by atoms with Gasteiger partial charge in [-0.1, -0.05) is 13.3 Å². The van der Waals surface area contributed by atoms with Crippen molar-refractivity contribution in [3.8, 4) is 0 Å². The van der Waals surface area contributed by atoms with Gasteiger partial charge in [-0.3, -0.25) is 4.79 Å². The normalized spacial score (nSPS) is 15.3. The maximum Gasteiger partial charge on any atom is 0.295 e. The Hall–Kier alpha value is -1.46. The fourth-order valence-corrected chi connectivity index (χ4v) is 1.55. The van der Waals surface area contributed by atoms with Gasteiger partial charge in [0.05, 0.1) is 0 Å². The lowest BCUT2D eigenvalue weighted by Gasteiger charge is -2.20. The van der Waals surface area contributed by atoms with Gasteiger partial charge in [-0.05, 0) is 24.5 Å². The van der Waals surface area contributed by atoms with E-state index in [4.69, 9.17) is 0 Å². The predicted molar refractivity (Wildman–Crippen MR) is 53.1 cm³/mol. The minimum Gasteiger partial charge on any atom is -0.333 e. The molecule has 1 heterocycles. The van der Waals surface area contributed by atoms with Crippen LogP contribution in [-0.2, 0) is 0 Å². The van der Waals surface area contributed by atoms with Crippen molar-refractivity contribution in [2.24, 2.45) is 0 Å². The summed E-state index contributed by atoms with van der Waals surface area (Å²) in [4.78, 5) is 13.8. The van der Waals surface area contributed by atoms with Gasteiger partial charge >= 0.3 is 0 Å². The summed E-state index contributed by atoms with van der Waals surface area (Å²) in [5.74, 6) is 0.0812. The second-order valence-corrected chi connectivity index (χ2v) is 3.82. The molecule has 1 aliphatic rings. The second kappa shape index (κ2) is 4.37. The zero-order valence-electron chi connectivity index (χ0n) is 8.81. The number of amides is 1. The summed E-state index contributed by atoms with van der Waals surface area (Å²) in [6.45, 7) is 2.92. The quantitative estimate of drug-likeness (QED) is 0.770. The first-order valence-corrected chi connectivity index (χ1v) is 5.37. The van der Waals surface area contributed by atoms with Crippen LogP contribution >= 0.6 is 0 Å². The molecule has 1 amide bonds. The van der Waals surface area contributed by atoms with Crippen LogP contribution in [0.25, 0.3) is 0 Å². The Kier molecular flexibility index (Phi) is 2.94. The molecule has 0 saturated heterocycles. The Morgan fingerprint density at radius 1 is 1.60 bits per heavy atom. The van der Waals surface area contributed by atoms with Crippen molar-refractivity contribution < 1.29 is 4.79 Å². The largest absolute Gasteiger partial charge is 0.333 e. The minimum absolute atomic E-state index is 0.0975. The first kappa shape index (κ1) is 10.1. The predicted octanol–water partition coefficient (Wildman–Crippen LogP) is 0.604. The molecular formula is C9H15N5O. The fourth-order valence-electron chi connectivity index (χ4n) is 1.55. The third kappa shape index (κ3) is 2.31. The van der Waals surface area contributed by atoms with E-state index in [-0.39, 0.29) is 11.7 Å². The molecule has 6 nitrogen and oxygen atoms in total. The van der Waals surface area contributed by atoms with Crippen LogP contribution in [0.1, 0.15) is 43.2 Å². The van der Waals surface area contributed by atoms with E-state index in [9.17, 15) is 4.79 Å². The molecule has 1 aromatic rings. The monoisotopic (exact) mass is 209 g/mol. The van der Waals surface area contributed by atoms with Crippen molar-refractivity contribution >= 4 is 5.91 Å². The molecule has 1 aliphatic carbocycles. The number of aromatic amines is 1. The Morgan fingerprint density at radius 2 is 2.40 bits per heavy atom. The van der Waals surface area contributed by atoms with E-state index in [1.165, 1.54) is 0 Å². The molecule has 2 rings (SSSR count). The number of nitrogens with zero attached hydrogens (tertiary/aromatic N) is 4. The van der Waals surface area contributed by atoms with Gasteiger partial charge in [0, 0.05) is 12.6 Å². The summed E-state index contributed by atoms with van der Waals surface area (Å²) in [6.07, 6.45) is 4.32. The molecule has 1 saturated carbocycles. The highest BCUT2D eigenvalue weighted by Crippen LogP contribution is 2.27. The molecule has 0 atom stereocenters. The Bertz CT molecular complexity index is 319. The summed E-state index contributed by atoms with van der Waals surface area (Å²) in [7, 11) is 0. The van der Waals surface area contributed by atoms with Crippen LogP contribution in [0.5, 0.6) is 0 Å². The van der Waals surface area contributed by atoms with Crippen LogP contribution in [0.3, 0.4) is 0 Å². The van der Waals surface area contributed by atoms with E-state index in [1.54, 1.807) is 0 Å². The molecule has 0 unspecified atom stereocenters. The van der Waals surface area contributed by atoms with E-state index < -0.39 is 0 Å². The van der Waals surface area contributed by atoms with Crippen molar-refractivity contribution in [3.05, 3.63) is 5.82 Å². The van der Waals surface area contributed by atoms with Gasteiger partial charge in [0.2, 0.25) is 0 Å². The van der Waals surface area contributed by atoms with Crippen molar-refractivity contribution in [3.63, 3.8) is 0 Å². The standard InChI is InChI=1S/C9H15N5O/c1-2-3-6-14(7-4-5-7)9(15)8-10-12-13-11-8/h7H,2-6H2,1H3,(H,10,11,12,13). The highest BCUT2D eigenvalue weighted by Gasteiger charge is 2.33. The van der Waals surface area contributed by atoms with Gasteiger partial charge in [-0.2, -0.15) is 5.21 Å². The number of hydrogen-bond donors (Lipinski definition) is 1. The van der Waals surface area contributed by atoms with Gasteiger partial charge in [0.25, 0.3) is 11.7 Å². The molecule has 0 aromatic carbocycles. The van der Waals surface area contributed by atoms with Crippen LogP contribution in [0.4, 0.5) is 0 Å². The van der Waals surface area contributed by atoms with Crippen LogP contribution in [-0.4, -0.2) is 44.0 Å². The average Bonchev–Trinajstić information content (AvgIpc) is 2.94. The van der Waals surface area contributed by atoms with Crippen molar-refractivity contribution in [2.45, 2.75) is 38.6 Å². The Balaban J connectivity index is 2.01. The topological polar surface area (TPSA) is 74.8 Å². The first-order chi connectivity index (χ1) is 7.33. The lowest BCUT2D eigenvalue weighted by molar-refractivity contribution is 0.0728. The van der Waals surface area contributed by atoms with Crippen molar-refractivity contribution in [2.75, 3.05) is 6.54 Å². The summed E-state index contributed by atoms with van der Waals surface area (Å²) >= 11 is 0. The number of carbonyl (C=O) groups is 1. The summed E-state index contributed by atoms with van der Waals surface area (Å²) < 4.78 is 0. The average molecular weight is 209 g/mol. The van der Waals surface area contributed by atoms with Crippen LogP contribution < -0.4 is 0 Å². The van der Waals surface area contributed by atoms with Crippen LogP contribution in [0.2, 0.25) is 0 Å². The lowest BCUT2D eigenvalue weighted by atomic mass is 10.3. The zero-order valence-corrected chi connectivity index (χ0v) is 8.81. The Morgan fingerprint density at radius 3 is 2.93 bits per heavy atom. The van der Waals surface area contributed by atoms with Crippen LogP contribution in [0.15, 0.2) is 0 Å². The number of hydrogen-bond acceptors (Lipinski definition) is 4. The first-order valence-electron chi connectivity index (χ1n) is 5.37. The summed E-state index contributed by atoms with van der Waals surface area (Å²) in [5.41, 5.74) is 0. The van der Waals surface area contributed by atoms with E-state index in [0.29, 0.717) is 6.04 Å². The molecule has 1 fully saturated rings. The van der Waals surface area contributed by atoms with E-state index in [0.717, 1.165) is 32.2 Å². The van der Waals surface area contributed by atoms with Crippen molar-refractivity contribution in [1.29, 1.82) is 0 Å². The van der Waals surface area contributed by atoms with Gasteiger partial charge < -0.3 is 4.90 Å². The van der Waals surface area contributed by atoms with Gasteiger partial charge in [-0.25, -0.2) is 0 Å². The van der Waals surface area contributed by atoms with Crippen molar-refractivity contribution in [1.82, 2.24) is 25.5 Å². The van der Waals surface area contributed by atoms with Gasteiger partial charge in [-0.15, -0.1) is 10.2 Å². The minimum atomic E-state index is -0.0975. The lowest BCUT2D eigenvalue weighted by Crippen LogP contribution is -2.34. The second-order valence-electron chi connectivity index (χ2n) is 3.82. The van der Waals surface area contributed by atoms with Gasteiger partial charge in [0.15, 0.2) is 0 Å². The number of rotatable bonds is 5. The number of carbonyl (C=O) groups excluding carboxylic acids is 1. The highest BCUT2D eigenvalue weighted by molar-refractivity contribution is 5.90. The SMILES string of the molecule is CCCCN(C(=O)c1nn[nH]n1)C1CC1. The molecule has 82 valence electrons. The maximum atomic E-state index is 11.9. The van der Waals surface area contributed by atoms with Crippen LogP contribution in [0, 0.1) is 0 Å². The smallest absolute Gasteiger partial charge is 0.295 e. The van der Waals surface area contributed by atoms with E-state index >= 15 is 0 Å². The third-order valence-corrected chi connectivity index (χ3v) is 2.54. The summed E-state index contributed by atoms with van der Waals surface area (Å²) in [5, 5.41) is 13.1. The fraction of sp³-hybridized carbons (Fsp3) is 0.778. The number of H-pyrrole nitrogens is 1. The molecule has 15 heavy (non-hydrogen) atoms. The number of nitrogens with one attached hydrogen (secondary N) is 1. The maximum absolute atomic E-state index is 11.9. The van der Waals surface area contributed by atoms with Gasteiger partial charge in [0.1, 0.15) is 0 Å². The molecule has 6 heteroatoms. The molecule has 0 radical (unpaired) electrons. The van der Waals surface area contributed by atoms with E-state index in [1.807, 2.05) is 4.90 Å². The number of tetrazole rings is 1. The highest BCUT2D eigenvalue weighted by atomic mass is 16.2.